The normalized spacial score (nSPS) is 13.2. The van der Waals surface area contributed by atoms with E-state index in [1.54, 1.807) is 0 Å². The van der Waals surface area contributed by atoms with E-state index >= 15 is 0 Å². The second-order valence-electron chi connectivity index (χ2n) is 25.1. The van der Waals surface area contributed by atoms with Crippen molar-refractivity contribution in [3.05, 3.63) is 85.1 Å². The van der Waals surface area contributed by atoms with E-state index in [1.165, 1.54) is 218 Å². The number of carboxylic acids is 1. The van der Waals surface area contributed by atoms with Crippen LogP contribution in [0.4, 0.5) is 0 Å². The van der Waals surface area contributed by atoms with Crippen molar-refractivity contribution in [2.45, 2.75) is 334 Å². The number of ether oxygens (including phenoxy) is 4. The number of esters is 2. The number of quaternary nitrogens is 1. The lowest BCUT2D eigenvalue weighted by Gasteiger charge is -2.26. The molecule has 0 aromatic rings. The molecule has 9 heteroatoms. The summed E-state index contributed by atoms with van der Waals surface area (Å²) in [4.78, 5) is 37.4. The first-order valence-electron chi connectivity index (χ1n) is 35.7. The fourth-order valence-corrected chi connectivity index (χ4v) is 10.2. The van der Waals surface area contributed by atoms with Gasteiger partial charge in [-0.25, -0.2) is 0 Å². The highest BCUT2D eigenvalue weighted by atomic mass is 16.7. The van der Waals surface area contributed by atoms with Crippen molar-refractivity contribution in [3.8, 4) is 0 Å². The fraction of sp³-hybridized carbons (Fsp3) is 0.776. The molecule has 0 aromatic carbocycles. The van der Waals surface area contributed by atoms with Crippen LogP contribution in [0.15, 0.2) is 85.1 Å². The van der Waals surface area contributed by atoms with Crippen molar-refractivity contribution < 1.29 is 42.9 Å². The molecule has 0 aliphatic heterocycles. The molecule has 85 heavy (non-hydrogen) atoms. The van der Waals surface area contributed by atoms with E-state index in [2.05, 4.69) is 98.9 Å². The van der Waals surface area contributed by atoms with Gasteiger partial charge < -0.3 is 33.3 Å². The number of hydrogen-bond acceptors (Lipinski definition) is 8. The number of carboxylic acid groups (broad SMARTS) is 1. The average Bonchev–Trinajstić information content (AvgIpc) is 3.49. The predicted octanol–water partition coefficient (Wildman–Crippen LogP) is 20.9. The van der Waals surface area contributed by atoms with Gasteiger partial charge in [-0.1, -0.05) is 304 Å². The Morgan fingerprint density at radius 1 is 0.365 bits per heavy atom. The van der Waals surface area contributed by atoms with Crippen molar-refractivity contribution in [2.75, 3.05) is 47.5 Å². The fourth-order valence-electron chi connectivity index (χ4n) is 10.2. The molecule has 9 nitrogen and oxygen atoms in total. The monoisotopic (exact) mass is 1190 g/mol. The van der Waals surface area contributed by atoms with E-state index in [0.717, 1.165) is 70.6 Å². The van der Waals surface area contributed by atoms with Gasteiger partial charge in [-0.3, -0.25) is 9.59 Å². The number of carbonyl (C=O) groups is 3. The lowest BCUT2D eigenvalue weighted by Crippen LogP contribution is -2.44. The van der Waals surface area contributed by atoms with Crippen LogP contribution in [0.1, 0.15) is 322 Å². The Morgan fingerprint density at radius 3 is 1.01 bits per heavy atom. The van der Waals surface area contributed by atoms with Crippen LogP contribution in [0.3, 0.4) is 0 Å². The molecule has 0 saturated carbocycles. The lowest BCUT2D eigenvalue weighted by molar-refractivity contribution is -0.870. The maximum atomic E-state index is 12.9. The van der Waals surface area contributed by atoms with E-state index in [9.17, 15) is 19.5 Å². The van der Waals surface area contributed by atoms with E-state index in [1.807, 2.05) is 21.1 Å². The molecule has 0 bridgehead atoms. The Kier molecular flexibility index (Phi) is 63.7. The van der Waals surface area contributed by atoms with Crippen LogP contribution in [-0.4, -0.2) is 82.3 Å². The first-order chi connectivity index (χ1) is 41.6. The summed E-state index contributed by atoms with van der Waals surface area (Å²) in [6.07, 6.45) is 86.8. The van der Waals surface area contributed by atoms with Crippen LogP contribution in [0, 0.1) is 0 Å². The van der Waals surface area contributed by atoms with Crippen molar-refractivity contribution in [3.63, 3.8) is 0 Å². The summed E-state index contributed by atoms with van der Waals surface area (Å²) >= 11 is 0. The van der Waals surface area contributed by atoms with Gasteiger partial charge >= 0.3 is 11.9 Å². The molecule has 0 radical (unpaired) electrons. The Bertz CT molecular complexity index is 1670. The van der Waals surface area contributed by atoms with Crippen molar-refractivity contribution in [2.24, 2.45) is 0 Å². The second-order valence-corrected chi connectivity index (χ2v) is 25.1. The summed E-state index contributed by atoms with van der Waals surface area (Å²) in [5.74, 6) is -2.27. The van der Waals surface area contributed by atoms with E-state index in [-0.39, 0.29) is 32.2 Å². The van der Waals surface area contributed by atoms with E-state index in [4.69, 9.17) is 18.9 Å². The van der Waals surface area contributed by atoms with Gasteiger partial charge in [0.15, 0.2) is 12.4 Å². The summed E-state index contributed by atoms with van der Waals surface area (Å²) in [6, 6.07) is 0. The number of hydrogen-bond donors (Lipinski definition) is 0. The predicted molar refractivity (Wildman–Crippen MR) is 361 cm³/mol. The maximum Gasteiger partial charge on any atom is 0.306 e. The smallest absolute Gasteiger partial charge is 0.306 e. The average molecular weight is 1190 g/mol. The summed E-state index contributed by atoms with van der Waals surface area (Å²) in [6.45, 7) is 4.67. The number of unbranched alkanes of at least 4 members (excludes halogenated alkanes) is 37. The Labute approximate surface area is 525 Å². The SMILES string of the molecule is CC/C=C\C/C=C\C/C=C\C/C=C\C/C=C\C/C=C\CCCCCCCCCCCCCCCCCCCCCCCCC(=O)OC(COC(=O)CCCCCCCCCCC/C=C\CCCCCCCC)COC(OCC[N+](C)(C)C)C(=O)[O-]. The van der Waals surface area contributed by atoms with Gasteiger partial charge in [0.2, 0.25) is 0 Å². The minimum absolute atomic E-state index is 0.148. The second kappa shape index (κ2) is 66.4. The third kappa shape index (κ3) is 67.8. The standard InChI is InChI=1S/C76H135NO8/c1-6-8-10-12-14-16-18-20-22-24-26-27-28-29-30-31-32-33-34-35-36-37-38-39-40-41-42-43-44-45-46-47-49-51-53-55-57-59-61-63-65-67-74(79)85-72(71-84-76(75(80)81)82-69-68-77(3,4)5)70-83-73(78)66-64-62-60-58-56-54-52-50-48-25-23-21-19-17-15-13-11-9-7-2/h8,10,14,16,20-23,26-27,29-30,32-33,72,76H,6-7,9,11-13,15,17-19,24-25,28,31,34-71H2,1-5H3/b10-8-,16-14-,22-20-,23-21-,27-26-,30-29-,33-32-. The van der Waals surface area contributed by atoms with Crippen LogP contribution in [0.2, 0.25) is 0 Å². The molecule has 0 spiro atoms. The Hall–Kier alpha value is -3.53. The van der Waals surface area contributed by atoms with E-state index < -0.39 is 24.3 Å². The highest BCUT2D eigenvalue weighted by molar-refractivity contribution is 5.70. The molecule has 0 aliphatic rings. The minimum atomic E-state index is -1.62. The Balaban J connectivity index is 3.99. The zero-order chi connectivity index (χ0) is 61.9. The van der Waals surface area contributed by atoms with Crippen LogP contribution in [0.25, 0.3) is 0 Å². The van der Waals surface area contributed by atoms with Crippen LogP contribution in [0.5, 0.6) is 0 Å². The third-order valence-electron chi connectivity index (χ3n) is 15.6. The molecule has 0 saturated heterocycles. The van der Waals surface area contributed by atoms with Gasteiger partial charge in [0.05, 0.1) is 40.3 Å². The molecule has 0 N–H and O–H groups in total. The largest absolute Gasteiger partial charge is 0.545 e. The number of rotatable bonds is 66. The van der Waals surface area contributed by atoms with Crippen LogP contribution in [-0.2, 0) is 33.3 Å². The number of allylic oxidation sites excluding steroid dienone is 14. The van der Waals surface area contributed by atoms with Crippen molar-refractivity contribution in [1.29, 1.82) is 0 Å². The Morgan fingerprint density at radius 2 is 0.671 bits per heavy atom. The molecular formula is C76H135NO8. The highest BCUT2D eigenvalue weighted by Crippen LogP contribution is 2.18. The van der Waals surface area contributed by atoms with Crippen molar-refractivity contribution >= 4 is 17.9 Å². The number of nitrogens with zero attached hydrogens (tertiary/aromatic N) is 1. The van der Waals surface area contributed by atoms with Gasteiger partial charge in [-0.2, -0.15) is 0 Å². The van der Waals surface area contributed by atoms with Gasteiger partial charge in [0.25, 0.3) is 0 Å². The summed E-state index contributed by atoms with van der Waals surface area (Å²) < 4.78 is 22.8. The summed E-state index contributed by atoms with van der Waals surface area (Å²) in [5.41, 5.74) is 0. The molecule has 0 heterocycles. The maximum absolute atomic E-state index is 12.9. The van der Waals surface area contributed by atoms with E-state index in [0.29, 0.717) is 23.9 Å². The highest BCUT2D eigenvalue weighted by Gasteiger charge is 2.22. The first kappa shape index (κ1) is 81.5. The van der Waals surface area contributed by atoms with Crippen LogP contribution < -0.4 is 5.11 Å². The van der Waals surface area contributed by atoms with Crippen LogP contribution >= 0.6 is 0 Å². The van der Waals surface area contributed by atoms with Gasteiger partial charge in [0, 0.05) is 12.8 Å². The number of aliphatic carboxylic acids is 1. The molecule has 2 atom stereocenters. The molecule has 0 amide bonds. The minimum Gasteiger partial charge on any atom is -0.545 e. The van der Waals surface area contributed by atoms with Gasteiger partial charge in [-0.15, -0.1) is 0 Å². The number of carbonyl (C=O) groups excluding carboxylic acids is 3. The molecule has 0 fully saturated rings. The molecule has 0 rings (SSSR count). The van der Waals surface area contributed by atoms with Crippen molar-refractivity contribution in [1.82, 2.24) is 0 Å². The topological polar surface area (TPSA) is 111 Å². The lowest BCUT2D eigenvalue weighted by atomic mass is 10.0. The van der Waals surface area contributed by atoms with Gasteiger partial charge in [0.1, 0.15) is 13.2 Å². The van der Waals surface area contributed by atoms with Gasteiger partial charge in [-0.05, 0) is 89.9 Å². The molecule has 2 unspecified atom stereocenters. The summed E-state index contributed by atoms with van der Waals surface area (Å²) in [7, 11) is 5.94. The quantitative estimate of drug-likeness (QED) is 0.0195. The zero-order valence-corrected chi connectivity index (χ0v) is 56.2. The molecule has 0 aliphatic carbocycles. The zero-order valence-electron chi connectivity index (χ0n) is 56.2. The molecule has 492 valence electrons. The summed E-state index contributed by atoms with van der Waals surface area (Å²) in [5, 5.41) is 11.8. The molecular weight excluding hydrogens is 1050 g/mol. The third-order valence-corrected chi connectivity index (χ3v) is 15.6. The first-order valence-corrected chi connectivity index (χ1v) is 35.7. The molecule has 0 aromatic heterocycles. The number of likely N-dealkylation sites (N-methyl/N-ethyl adjacent to an activating group) is 1.